The Morgan fingerprint density at radius 2 is 1.97 bits per heavy atom. The van der Waals surface area contributed by atoms with E-state index in [2.05, 4.69) is 34.2 Å². The second kappa shape index (κ2) is 8.56. The summed E-state index contributed by atoms with van der Waals surface area (Å²) in [6, 6.07) is 10.3. The Morgan fingerprint density at radius 3 is 2.66 bits per heavy atom. The number of nitrogens with zero attached hydrogens (tertiary/aromatic N) is 3. The van der Waals surface area contributed by atoms with Crippen LogP contribution >= 0.6 is 0 Å². The maximum Gasteiger partial charge on any atom is 0.409 e. The van der Waals surface area contributed by atoms with Gasteiger partial charge in [0, 0.05) is 63.1 Å². The Bertz CT molecular complexity index is 1020. The van der Waals surface area contributed by atoms with Gasteiger partial charge in [-0.15, -0.1) is 0 Å². The first-order chi connectivity index (χ1) is 15.6. The van der Waals surface area contributed by atoms with Gasteiger partial charge in [0.15, 0.2) is 0 Å². The molecule has 5 rings (SSSR count). The summed E-state index contributed by atoms with van der Waals surface area (Å²) in [6.45, 7) is 6.04. The molecule has 2 aliphatic heterocycles. The largest absolute Gasteiger partial charge is 0.450 e. The van der Waals surface area contributed by atoms with Gasteiger partial charge in [-0.25, -0.2) is 4.79 Å². The van der Waals surface area contributed by atoms with Crippen LogP contribution in [0, 0.1) is 0 Å². The molecule has 32 heavy (non-hydrogen) atoms. The predicted octanol–water partition coefficient (Wildman–Crippen LogP) is 3.06. The van der Waals surface area contributed by atoms with Crippen LogP contribution in [0.25, 0.3) is 11.6 Å². The van der Waals surface area contributed by atoms with Crippen molar-refractivity contribution in [3.05, 3.63) is 58.9 Å². The number of carbonyl (C=O) groups is 1. The second-order valence-electron chi connectivity index (χ2n) is 8.62. The number of fused-ring (bicyclic) bond motifs is 1. The third-order valence-corrected chi connectivity index (χ3v) is 6.67. The minimum atomic E-state index is -0.869. The second-order valence-corrected chi connectivity index (χ2v) is 8.62. The van der Waals surface area contributed by atoms with E-state index in [9.17, 15) is 9.90 Å². The molecule has 3 aliphatic rings. The van der Waals surface area contributed by atoms with Crippen LogP contribution in [0.1, 0.15) is 35.7 Å². The number of amides is 1. The third kappa shape index (κ3) is 3.87. The zero-order valence-electron chi connectivity index (χ0n) is 18.4. The molecule has 2 saturated heterocycles. The maximum atomic E-state index is 12.0. The highest BCUT2D eigenvalue weighted by Gasteiger charge is 2.34. The van der Waals surface area contributed by atoms with E-state index in [0.717, 1.165) is 36.3 Å². The van der Waals surface area contributed by atoms with E-state index in [1.165, 1.54) is 16.8 Å². The first kappa shape index (κ1) is 21.0. The molecule has 0 radical (unpaired) electrons. The molecule has 1 aromatic carbocycles. The highest BCUT2D eigenvalue weighted by Crippen LogP contribution is 2.37. The summed E-state index contributed by atoms with van der Waals surface area (Å²) in [5.74, 6) is 0. The number of rotatable bonds is 4. The molecular weight excluding hydrogens is 406 g/mol. The number of hydrogen-bond donors (Lipinski definition) is 1. The van der Waals surface area contributed by atoms with Gasteiger partial charge in [0.2, 0.25) is 0 Å². The molecule has 1 aromatic heterocycles. The molecule has 7 heteroatoms. The predicted molar refractivity (Wildman–Crippen MR) is 122 cm³/mol. The van der Waals surface area contributed by atoms with E-state index < -0.39 is 5.60 Å². The molecule has 2 fully saturated rings. The van der Waals surface area contributed by atoms with Crippen molar-refractivity contribution < 1.29 is 19.4 Å². The molecule has 1 atom stereocenters. The lowest BCUT2D eigenvalue weighted by Crippen LogP contribution is -2.49. The normalized spacial score (nSPS) is 22.6. The van der Waals surface area contributed by atoms with E-state index in [-0.39, 0.29) is 6.09 Å². The lowest BCUT2D eigenvalue weighted by atomic mass is 9.91. The quantitative estimate of drug-likeness (QED) is 0.796. The van der Waals surface area contributed by atoms with E-state index in [4.69, 9.17) is 9.47 Å². The van der Waals surface area contributed by atoms with Crippen molar-refractivity contribution in [3.8, 4) is 0 Å². The number of aromatic nitrogens is 1. The van der Waals surface area contributed by atoms with Crippen LogP contribution < -0.4 is 4.90 Å². The molecule has 0 unspecified atom stereocenters. The number of hydrogen-bond acceptors (Lipinski definition) is 6. The third-order valence-electron chi connectivity index (χ3n) is 6.67. The van der Waals surface area contributed by atoms with Gasteiger partial charge >= 0.3 is 6.09 Å². The Kier molecular flexibility index (Phi) is 5.61. The van der Waals surface area contributed by atoms with Crippen LogP contribution in [0.3, 0.4) is 0 Å². The highest BCUT2D eigenvalue weighted by molar-refractivity contribution is 5.92. The number of piperazine rings is 1. The SMILES string of the molecule is CCOC(=O)N1CCN(c2ccnc3c2C=C(c2ccc([C@]4(O)CCOC4)cc2)C3)CC1. The van der Waals surface area contributed by atoms with Gasteiger partial charge in [0.1, 0.15) is 5.60 Å². The fourth-order valence-electron chi connectivity index (χ4n) is 4.79. The molecule has 1 N–H and O–H groups in total. The van der Waals surface area contributed by atoms with Crippen molar-refractivity contribution >= 4 is 23.4 Å². The number of ether oxygens (including phenoxy) is 2. The van der Waals surface area contributed by atoms with Crippen molar-refractivity contribution in [2.45, 2.75) is 25.4 Å². The number of pyridine rings is 1. The summed E-state index contributed by atoms with van der Waals surface area (Å²) in [7, 11) is 0. The Hall–Kier alpha value is -2.90. The fraction of sp³-hybridized carbons (Fsp3) is 0.440. The van der Waals surface area contributed by atoms with Crippen LogP contribution in [-0.2, 0) is 21.5 Å². The monoisotopic (exact) mass is 435 g/mol. The van der Waals surface area contributed by atoms with Gasteiger partial charge in [-0.1, -0.05) is 24.3 Å². The van der Waals surface area contributed by atoms with Crippen molar-refractivity contribution in [2.75, 3.05) is 50.9 Å². The van der Waals surface area contributed by atoms with Gasteiger partial charge in [0.05, 0.1) is 18.9 Å². The summed E-state index contributed by atoms with van der Waals surface area (Å²) in [4.78, 5) is 20.7. The minimum Gasteiger partial charge on any atom is -0.450 e. The average Bonchev–Trinajstić information content (AvgIpc) is 3.46. The van der Waals surface area contributed by atoms with E-state index >= 15 is 0 Å². The minimum absolute atomic E-state index is 0.230. The topological polar surface area (TPSA) is 75.1 Å². The van der Waals surface area contributed by atoms with Gasteiger partial charge in [-0.3, -0.25) is 4.98 Å². The summed E-state index contributed by atoms with van der Waals surface area (Å²) < 4.78 is 10.5. The summed E-state index contributed by atoms with van der Waals surface area (Å²) in [5.41, 5.74) is 5.83. The van der Waals surface area contributed by atoms with Gasteiger partial charge in [-0.05, 0) is 35.8 Å². The molecule has 1 amide bonds. The van der Waals surface area contributed by atoms with E-state index in [0.29, 0.717) is 39.3 Å². The molecule has 1 aliphatic carbocycles. The average molecular weight is 436 g/mol. The van der Waals surface area contributed by atoms with Crippen molar-refractivity contribution in [3.63, 3.8) is 0 Å². The zero-order chi connectivity index (χ0) is 22.1. The maximum absolute atomic E-state index is 12.0. The van der Waals surface area contributed by atoms with Gasteiger partial charge < -0.3 is 24.4 Å². The van der Waals surface area contributed by atoms with Crippen molar-refractivity contribution in [1.82, 2.24) is 9.88 Å². The number of benzene rings is 1. The molecule has 0 saturated carbocycles. The van der Waals surface area contributed by atoms with Crippen LogP contribution in [0.4, 0.5) is 10.5 Å². The Labute approximate surface area is 188 Å². The van der Waals surface area contributed by atoms with E-state index in [1.807, 2.05) is 25.3 Å². The molecule has 0 bridgehead atoms. The number of anilines is 1. The number of aliphatic hydroxyl groups is 1. The summed E-state index contributed by atoms with van der Waals surface area (Å²) >= 11 is 0. The first-order valence-corrected chi connectivity index (χ1v) is 11.3. The number of allylic oxidation sites excluding steroid dienone is 1. The lowest BCUT2D eigenvalue weighted by Gasteiger charge is -2.36. The Morgan fingerprint density at radius 1 is 1.19 bits per heavy atom. The molecule has 2 aromatic rings. The molecule has 168 valence electrons. The van der Waals surface area contributed by atoms with Crippen molar-refractivity contribution in [2.24, 2.45) is 0 Å². The molecule has 3 heterocycles. The lowest BCUT2D eigenvalue weighted by molar-refractivity contribution is 0.0232. The standard InChI is InChI=1S/C25H29N3O4/c1-2-32-24(29)28-12-10-27(11-13-28)23-7-9-26-22-16-19(15-21(22)23)18-3-5-20(6-4-18)25(30)8-14-31-17-25/h3-7,9,15,30H,2,8,10-14,16-17H2,1H3/t25-/m0/s1. The Balaban J connectivity index is 1.32. The van der Waals surface area contributed by atoms with Crippen LogP contribution in [-0.4, -0.2) is 67.1 Å². The zero-order valence-corrected chi connectivity index (χ0v) is 18.4. The van der Waals surface area contributed by atoms with Crippen molar-refractivity contribution in [1.29, 1.82) is 0 Å². The molecular formula is C25H29N3O4. The molecule has 0 spiro atoms. The van der Waals surface area contributed by atoms with E-state index in [1.54, 1.807) is 4.90 Å². The fourth-order valence-corrected chi connectivity index (χ4v) is 4.79. The van der Waals surface area contributed by atoms with Crippen LogP contribution in [0.2, 0.25) is 0 Å². The molecule has 7 nitrogen and oxygen atoms in total. The summed E-state index contributed by atoms with van der Waals surface area (Å²) in [6.07, 6.45) is 5.31. The van der Waals surface area contributed by atoms with Crippen LogP contribution in [0.15, 0.2) is 36.5 Å². The van der Waals surface area contributed by atoms with Gasteiger partial charge in [0.25, 0.3) is 0 Å². The first-order valence-electron chi connectivity index (χ1n) is 11.3. The van der Waals surface area contributed by atoms with Crippen LogP contribution in [0.5, 0.6) is 0 Å². The smallest absolute Gasteiger partial charge is 0.409 e. The summed E-state index contributed by atoms with van der Waals surface area (Å²) in [5, 5.41) is 10.7. The number of carbonyl (C=O) groups excluding carboxylic acids is 1. The van der Waals surface area contributed by atoms with Gasteiger partial charge in [-0.2, -0.15) is 0 Å². The highest BCUT2D eigenvalue weighted by atomic mass is 16.6.